The largest absolute Gasteiger partial charge is 0.467 e. The van der Waals surface area contributed by atoms with Crippen LogP contribution in [0.5, 0.6) is 0 Å². The Morgan fingerprint density at radius 1 is 1.45 bits per heavy atom. The fourth-order valence-corrected chi connectivity index (χ4v) is 5.79. The van der Waals surface area contributed by atoms with Crippen molar-refractivity contribution in [1.29, 1.82) is 0 Å². The molecule has 0 aliphatic heterocycles. The lowest BCUT2D eigenvalue weighted by molar-refractivity contribution is 0.00246. The summed E-state index contributed by atoms with van der Waals surface area (Å²) < 4.78 is 16.0. The molecule has 2 N–H and O–H groups in total. The number of aromatic amines is 1. The second-order valence-electron chi connectivity index (χ2n) is 8.87. The third-order valence-electron chi connectivity index (χ3n) is 6.01. The van der Waals surface area contributed by atoms with Crippen molar-refractivity contribution in [2.75, 3.05) is 33.4 Å². The van der Waals surface area contributed by atoms with Gasteiger partial charge in [0.1, 0.15) is 23.0 Å². The molecule has 0 saturated heterocycles. The number of hydrogen-bond donors (Lipinski definition) is 2. The highest BCUT2D eigenvalue weighted by molar-refractivity contribution is 7.18. The average molecular weight is 476 g/mol. The van der Waals surface area contributed by atoms with Crippen molar-refractivity contribution in [2.45, 2.75) is 51.9 Å². The Morgan fingerprint density at radius 3 is 3.12 bits per heavy atom. The van der Waals surface area contributed by atoms with E-state index in [9.17, 15) is 9.90 Å². The third-order valence-corrected chi connectivity index (χ3v) is 7.16. The highest BCUT2D eigenvalue weighted by Gasteiger charge is 2.23. The second kappa shape index (κ2) is 11.4. The number of aryl methyl sites for hydroxylation is 1. The number of aliphatic hydroxyl groups excluding tert-OH is 1. The van der Waals surface area contributed by atoms with E-state index in [0.29, 0.717) is 44.6 Å². The minimum atomic E-state index is -0.673. The molecule has 1 aliphatic carbocycles. The molecule has 0 aromatic carbocycles. The molecule has 0 fully saturated rings. The summed E-state index contributed by atoms with van der Waals surface area (Å²) in [7, 11) is 1.67. The Labute approximate surface area is 197 Å². The third kappa shape index (κ3) is 6.30. The van der Waals surface area contributed by atoms with Gasteiger partial charge in [-0.1, -0.05) is 6.92 Å². The van der Waals surface area contributed by atoms with Gasteiger partial charge in [-0.25, -0.2) is 4.98 Å². The number of rotatable bonds is 12. The molecule has 0 spiro atoms. The molecule has 3 aromatic rings. The molecular formula is C24H33N3O5S. The van der Waals surface area contributed by atoms with Gasteiger partial charge in [0.05, 0.1) is 30.9 Å². The normalized spacial score (nSPS) is 17.0. The van der Waals surface area contributed by atoms with Crippen LogP contribution in [0.15, 0.2) is 27.6 Å². The van der Waals surface area contributed by atoms with Crippen LogP contribution in [-0.2, 0) is 35.5 Å². The van der Waals surface area contributed by atoms with Gasteiger partial charge in [0.25, 0.3) is 5.56 Å². The van der Waals surface area contributed by atoms with Gasteiger partial charge in [0.15, 0.2) is 0 Å². The number of H-pyrrole nitrogens is 1. The summed E-state index contributed by atoms with van der Waals surface area (Å²) >= 11 is 1.66. The van der Waals surface area contributed by atoms with Crippen LogP contribution < -0.4 is 5.56 Å². The smallest absolute Gasteiger partial charge is 0.259 e. The van der Waals surface area contributed by atoms with Crippen LogP contribution in [0.2, 0.25) is 0 Å². The lowest BCUT2D eigenvalue weighted by Gasteiger charge is -2.24. The minimum absolute atomic E-state index is 0.0544. The van der Waals surface area contributed by atoms with Gasteiger partial charge in [0.2, 0.25) is 0 Å². The van der Waals surface area contributed by atoms with Crippen LogP contribution in [0.1, 0.15) is 41.8 Å². The van der Waals surface area contributed by atoms with Gasteiger partial charge >= 0.3 is 0 Å². The van der Waals surface area contributed by atoms with Crippen molar-refractivity contribution in [3.63, 3.8) is 0 Å². The maximum Gasteiger partial charge on any atom is 0.259 e. The fraction of sp³-hybridized carbons (Fsp3) is 0.583. The summed E-state index contributed by atoms with van der Waals surface area (Å²) in [6, 6.07) is 3.65. The van der Waals surface area contributed by atoms with Gasteiger partial charge in [-0.3, -0.25) is 9.69 Å². The predicted molar refractivity (Wildman–Crippen MR) is 128 cm³/mol. The topological polar surface area (TPSA) is 101 Å². The molecule has 2 atom stereocenters. The summed E-state index contributed by atoms with van der Waals surface area (Å²) in [6.45, 7) is 4.97. The number of methoxy groups -OCH3 is 1. The number of nitrogens with zero attached hydrogens (tertiary/aromatic N) is 2. The maximum atomic E-state index is 12.9. The molecule has 33 heavy (non-hydrogen) atoms. The number of furan rings is 1. The molecule has 8 nitrogen and oxygen atoms in total. The van der Waals surface area contributed by atoms with Crippen LogP contribution in [0.25, 0.3) is 10.2 Å². The average Bonchev–Trinajstić information content (AvgIpc) is 3.41. The van der Waals surface area contributed by atoms with E-state index in [1.165, 1.54) is 10.4 Å². The summed E-state index contributed by atoms with van der Waals surface area (Å²) in [5.74, 6) is 2.00. The van der Waals surface area contributed by atoms with Gasteiger partial charge in [-0.2, -0.15) is 0 Å². The van der Waals surface area contributed by atoms with Crippen molar-refractivity contribution in [3.05, 3.63) is 50.8 Å². The molecular weight excluding hydrogens is 442 g/mol. The lowest BCUT2D eigenvalue weighted by atomic mass is 9.89. The highest BCUT2D eigenvalue weighted by Crippen LogP contribution is 2.35. The SMILES string of the molecule is COCCCN(Cc1nc2sc3c(c2c(=O)[nH]1)CC[C@@H](C)C3)C[C@@H](O)COCc1ccco1. The predicted octanol–water partition coefficient (Wildman–Crippen LogP) is 3.12. The zero-order valence-electron chi connectivity index (χ0n) is 19.3. The number of thiophene rings is 1. The van der Waals surface area contributed by atoms with Gasteiger partial charge in [0, 0.05) is 31.7 Å². The van der Waals surface area contributed by atoms with Crippen molar-refractivity contribution in [2.24, 2.45) is 5.92 Å². The Kier molecular flexibility index (Phi) is 8.32. The van der Waals surface area contributed by atoms with E-state index in [0.717, 1.165) is 41.7 Å². The fourth-order valence-electron chi connectivity index (χ4n) is 4.39. The number of nitrogens with one attached hydrogen (secondary N) is 1. The molecule has 180 valence electrons. The minimum Gasteiger partial charge on any atom is -0.467 e. The molecule has 0 radical (unpaired) electrons. The standard InChI is InChI=1S/C24H33N3O5S/c1-16-6-7-19-20(11-16)33-24-22(19)23(29)25-21(26-24)13-27(8-4-9-30-2)12-17(28)14-31-15-18-5-3-10-32-18/h3,5,10,16-17,28H,4,6-9,11-15H2,1-2H3,(H,25,26,29)/t16-,17-/m1/s1. The Morgan fingerprint density at radius 2 is 2.33 bits per heavy atom. The number of ether oxygens (including phenoxy) is 2. The number of aliphatic hydroxyl groups is 1. The first-order valence-electron chi connectivity index (χ1n) is 11.6. The molecule has 0 saturated carbocycles. The monoisotopic (exact) mass is 475 g/mol. The second-order valence-corrected chi connectivity index (χ2v) is 9.96. The van der Waals surface area contributed by atoms with Crippen molar-refractivity contribution < 1.29 is 19.0 Å². The van der Waals surface area contributed by atoms with E-state index >= 15 is 0 Å². The Balaban J connectivity index is 1.43. The molecule has 4 rings (SSSR count). The van der Waals surface area contributed by atoms with E-state index in [1.54, 1.807) is 24.7 Å². The maximum absolute atomic E-state index is 12.9. The summed E-state index contributed by atoms with van der Waals surface area (Å²) in [6.07, 6.45) is 4.84. The van der Waals surface area contributed by atoms with Gasteiger partial charge in [-0.05, 0) is 49.3 Å². The molecule has 0 bridgehead atoms. The number of hydrogen-bond acceptors (Lipinski definition) is 8. The van der Waals surface area contributed by atoms with E-state index in [1.807, 2.05) is 12.1 Å². The Bertz CT molecular complexity index is 1080. The highest BCUT2D eigenvalue weighted by atomic mass is 32.1. The molecule has 0 unspecified atom stereocenters. The lowest BCUT2D eigenvalue weighted by Crippen LogP contribution is -2.36. The van der Waals surface area contributed by atoms with Crippen LogP contribution in [0.4, 0.5) is 0 Å². The molecule has 3 heterocycles. The zero-order chi connectivity index (χ0) is 23.2. The van der Waals surface area contributed by atoms with Crippen molar-refractivity contribution >= 4 is 21.6 Å². The van der Waals surface area contributed by atoms with E-state index < -0.39 is 6.10 Å². The Hall–Kier alpha value is -2.04. The van der Waals surface area contributed by atoms with Crippen molar-refractivity contribution in [3.8, 4) is 0 Å². The van der Waals surface area contributed by atoms with E-state index in [4.69, 9.17) is 18.9 Å². The first-order valence-corrected chi connectivity index (χ1v) is 12.4. The first-order chi connectivity index (χ1) is 16.0. The van der Waals surface area contributed by atoms with Crippen molar-refractivity contribution in [1.82, 2.24) is 14.9 Å². The van der Waals surface area contributed by atoms with E-state index in [2.05, 4.69) is 16.8 Å². The van der Waals surface area contributed by atoms with Crippen LogP contribution in [0, 0.1) is 5.92 Å². The number of fused-ring (bicyclic) bond motifs is 3. The quantitative estimate of drug-likeness (QED) is 0.388. The van der Waals surface area contributed by atoms with Gasteiger partial charge < -0.3 is 24.0 Å². The van der Waals surface area contributed by atoms with Crippen LogP contribution in [-0.4, -0.2) is 59.5 Å². The summed E-state index contributed by atoms with van der Waals surface area (Å²) in [5.41, 5.74) is 1.13. The van der Waals surface area contributed by atoms with Crippen LogP contribution in [0.3, 0.4) is 0 Å². The summed E-state index contributed by atoms with van der Waals surface area (Å²) in [5, 5.41) is 11.3. The number of aromatic nitrogens is 2. The first kappa shape index (κ1) is 24.1. The molecule has 0 amide bonds. The summed E-state index contributed by atoms with van der Waals surface area (Å²) in [4.78, 5) is 24.9. The molecule has 1 aliphatic rings. The van der Waals surface area contributed by atoms with Crippen LogP contribution >= 0.6 is 11.3 Å². The molecule has 3 aromatic heterocycles. The molecule has 9 heteroatoms. The zero-order valence-corrected chi connectivity index (χ0v) is 20.2. The van der Waals surface area contributed by atoms with Gasteiger partial charge in [-0.15, -0.1) is 11.3 Å². The van der Waals surface area contributed by atoms with E-state index in [-0.39, 0.29) is 12.2 Å².